The van der Waals surface area contributed by atoms with Crippen molar-refractivity contribution in [1.29, 1.82) is 0 Å². The largest absolute Gasteiger partial charge is 0.462 e. The van der Waals surface area contributed by atoms with E-state index >= 15 is 0 Å². The van der Waals surface area contributed by atoms with Crippen molar-refractivity contribution >= 4 is 54.4 Å². The second-order valence-corrected chi connectivity index (χ2v) is 4.54. The quantitative estimate of drug-likeness (QED) is 0.690. The lowest BCUT2D eigenvalue weighted by Gasteiger charge is -1.95. The maximum Gasteiger partial charge on any atom is 0.152 e. The molecule has 0 amide bonds. The molecule has 0 N–H and O–H groups in total. The van der Waals surface area contributed by atoms with Gasteiger partial charge in [-0.2, -0.15) is 0 Å². The minimum Gasteiger partial charge on any atom is -0.462 e. The van der Waals surface area contributed by atoms with Gasteiger partial charge in [-0.05, 0) is 12.1 Å². The van der Waals surface area contributed by atoms with Gasteiger partial charge < -0.3 is 4.42 Å². The molecule has 0 aliphatic heterocycles. The van der Waals surface area contributed by atoms with Crippen molar-refractivity contribution in [2.45, 2.75) is 5.33 Å². The number of furan rings is 1. The molecule has 0 bridgehead atoms. The summed E-state index contributed by atoms with van der Waals surface area (Å²) in [6, 6.07) is 3.83. The summed E-state index contributed by atoms with van der Waals surface area (Å²) >= 11 is 12.8. The van der Waals surface area contributed by atoms with E-state index in [0.29, 0.717) is 5.02 Å². The lowest BCUT2D eigenvalue weighted by atomic mass is 10.2. The maximum absolute atomic E-state index is 5.99. The third kappa shape index (κ3) is 1.65. The molecular formula is C9H5Br2ClO. The van der Waals surface area contributed by atoms with Crippen LogP contribution in [0, 0.1) is 0 Å². The van der Waals surface area contributed by atoms with E-state index in [2.05, 4.69) is 31.9 Å². The molecule has 0 aliphatic carbocycles. The molecule has 0 atom stereocenters. The number of alkyl halides is 1. The van der Waals surface area contributed by atoms with Gasteiger partial charge in [-0.1, -0.05) is 43.5 Å². The molecule has 0 fully saturated rings. The highest BCUT2D eigenvalue weighted by Gasteiger charge is 2.08. The Morgan fingerprint density at radius 3 is 2.85 bits per heavy atom. The van der Waals surface area contributed by atoms with E-state index in [1.807, 2.05) is 12.1 Å². The fraction of sp³-hybridized carbons (Fsp3) is 0.111. The highest BCUT2D eigenvalue weighted by molar-refractivity contribution is 9.10. The number of hydrogen-bond donors (Lipinski definition) is 0. The van der Waals surface area contributed by atoms with Crippen molar-refractivity contribution in [3.8, 4) is 0 Å². The summed E-state index contributed by atoms with van der Waals surface area (Å²) in [7, 11) is 0. The van der Waals surface area contributed by atoms with Crippen molar-refractivity contribution in [3.05, 3.63) is 33.5 Å². The van der Waals surface area contributed by atoms with Gasteiger partial charge in [-0.25, -0.2) is 0 Å². The van der Waals surface area contributed by atoms with Gasteiger partial charge in [0.25, 0.3) is 0 Å². The van der Waals surface area contributed by atoms with Gasteiger partial charge in [0.15, 0.2) is 5.58 Å². The van der Waals surface area contributed by atoms with Crippen molar-refractivity contribution in [2.24, 2.45) is 0 Å². The highest BCUT2D eigenvalue weighted by Crippen LogP contribution is 2.32. The minimum absolute atomic E-state index is 0.636. The van der Waals surface area contributed by atoms with Crippen LogP contribution >= 0.6 is 43.5 Å². The smallest absolute Gasteiger partial charge is 0.152 e. The molecule has 0 saturated heterocycles. The van der Waals surface area contributed by atoms with E-state index in [0.717, 1.165) is 26.3 Å². The van der Waals surface area contributed by atoms with E-state index in [1.165, 1.54) is 0 Å². The fourth-order valence-electron chi connectivity index (χ4n) is 1.22. The standard InChI is InChI=1S/C9H5Br2ClO/c10-3-5-4-13-9-7(5)1-6(11)2-8(9)12/h1-2,4H,3H2. The van der Waals surface area contributed by atoms with Gasteiger partial charge in [0.1, 0.15) is 0 Å². The number of rotatable bonds is 1. The van der Waals surface area contributed by atoms with E-state index < -0.39 is 0 Å². The van der Waals surface area contributed by atoms with Crippen LogP contribution < -0.4 is 0 Å². The number of fused-ring (bicyclic) bond motifs is 1. The fourth-order valence-corrected chi connectivity index (χ4v) is 2.50. The van der Waals surface area contributed by atoms with Crippen LogP contribution in [0.5, 0.6) is 0 Å². The summed E-state index contributed by atoms with van der Waals surface area (Å²) in [5, 5.41) is 2.46. The molecule has 1 aromatic heterocycles. The Morgan fingerprint density at radius 1 is 1.38 bits per heavy atom. The van der Waals surface area contributed by atoms with E-state index in [-0.39, 0.29) is 0 Å². The summed E-state index contributed by atoms with van der Waals surface area (Å²) in [6.45, 7) is 0. The predicted octanol–water partition coefficient (Wildman–Crippen LogP) is 4.74. The third-order valence-electron chi connectivity index (χ3n) is 1.82. The van der Waals surface area contributed by atoms with Crippen molar-refractivity contribution in [3.63, 3.8) is 0 Å². The van der Waals surface area contributed by atoms with Crippen LogP contribution in [0.3, 0.4) is 0 Å². The Labute approximate surface area is 97.3 Å². The van der Waals surface area contributed by atoms with Gasteiger partial charge in [0, 0.05) is 20.8 Å². The first-order chi connectivity index (χ1) is 6.22. The maximum atomic E-state index is 5.99. The highest BCUT2D eigenvalue weighted by atomic mass is 79.9. The Bertz CT molecular complexity index is 450. The summed E-state index contributed by atoms with van der Waals surface area (Å²) in [5.41, 5.74) is 1.86. The van der Waals surface area contributed by atoms with Crippen LogP contribution in [0.25, 0.3) is 11.0 Å². The third-order valence-corrected chi connectivity index (χ3v) is 3.16. The zero-order valence-corrected chi connectivity index (χ0v) is 10.4. The van der Waals surface area contributed by atoms with E-state index in [4.69, 9.17) is 16.0 Å². The Hall–Kier alpha value is 0.01000. The normalized spacial score (nSPS) is 11.0. The molecule has 0 aliphatic rings. The average Bonchev–Trinajstić information content (AvgIpc) is 2.47. The van der Waals surface area contributed by atoms with Crippen LogP contribution in [-0.2, 0) is 5.33 Å². The van der Waals surface area contributed by atoms with Crippen molar-refractivity contribution in [1.82, 2.24) is 0 Å². The lowest BCUT2D eigenvalue weighted by Crippen LogP contribution is -1.74. The summed E-state index contributed by atoms with van der Waals surface area (Å²) in [6.07, 6.45) is 1.72. The van der Waals surface area contributed by atoms with Gasteiger partial charge in [-0.3, -0.25) is 0 Å². The number of benzene rings is 1. The van der Waals surface area contributed by atoms with Crippen LogP contribution in [0.1, 0.15) is 5.56 Å². The molecular weight excluding hydrogens is 319 g/mol. The Morgan fingerprint density at radius 2 is 2.15 bits per heavy atom. The molecule has 4 heteroatoms. The van der Waals surface area contributed by atoms with Crippen molar-refractivity contribution < 1.29 is 4.42 Å². The first kappa shape index (κ1) is 9.56. The zero-order valence-electron chi connectivity index (χ0n) is 6.48. The molecule has 1 aromatic carbocycles. The van der Waals surface area contributed by atoms with E-state index in [1.54, 1.807) is 6.26 Å². The minimum atomic E-state index is 0.636. The van der Waals surface area contributed by atoms with Crippen LogP contribution in [0.2, 0.25) is 5.02 Å². The van der Waals surface area contributed by atoms with Crippen LogP contribution in [0.15, 0.2) is 27.3 Å². The van der Waals surface area contributed by atoms with Gasteiger partial charge >= 0.3 is 0 Å². The summed E-state index contributed by atoms with van der Waals surface area (Å²) in [5.74, 6) is 0. The monoisotopic (exact) mass is 322 g/mol. The molecule has 1 nitrogen and oxygen atoms in total. The molecule has 0 unspecified atom stereocenters. The molecule has 68 valence electrons. The Balaban J connectivity index is 2.82. The first-order valence-electron chi connectivity index (χ1n) is 3.63. The molecule has 2 rings (SSSR count). The van der Waals surface area contributed by atoms with Gasteiger partial charge in [0.05, 0.1) is 11.3 Å². The average molecular weight is 324 g/mol. The second kappa shape index (κ2) is 3.64. The topological polar surface area (TPSA) is 13.1 Å². The van der Waals surface area contributed by atoms with E-state index in [9.17, 15) is 0 Å². The van der Waals surface area contributed by atoms with Crippen LogP contribution in [-0.4, -0.2) is 0 Å². The number of halogens is 3. The Kier molecular flexibility index (Phi) is 2.67. The number of hydrogen-bond acceptors (Lipinski definition) is 1. The molecule has 0 spiro atoms. The molecule has 1 heterocycles. The lowest BCUT2D eigenvalue weighted by molar-refractivity contribution is 0.613. The van der Waals surface area contributed by atoms with Crippen LogP contribution in [0.4, 0.5) is 0 Å². The predicted molar refractivity (Wildman–Crippen MR) is 61.6 cm³/mol. The summed E-state index contributed by atoms with van der Waals surface area (Å²) < 4.78 is 6.31. The molecule has 0 radical (unpaired) electrons. The van der Waals surface area contributed by atoms with Gasteiger partial charge in [0.2, 0.25) is 0 Å². The van der Waals surface area contributed by atoms with Crippen molar-refractivity contribution in [2.75, 3.05) is 0 Å². The second-order valence-electron chi connectivity index (χ2n) is 2.66. The molecule has 0 saturated carbocycles. The van der Waals surface area contributed by atoms with Gasteiger partial charge in [-0.15, -0.1) is 0 Å². The molecule has 2 aromatic rings. The zero-order chi connectivity index (χ0) is 9.42. The molecule has 13 heavy (non-hydrogen) atoms. The summed E-state index contributed by atoms with van der Waals surface area (Å²) in [4.78, 5) is 0. The SMILES string of the molecule is Clc1cc(Br)cc2c(CBr)coc12. The first-order valence-corrected chi connectivity index (χ1v) is 5.92.